The summed E-state index contributed by atoms with van der Waals surface area (Å²) >= 11 is 0. The number of carbonyl (C=O) groups excluding carboxylic acids is 4. The molecular weight excluding hydrogens is 372 g/mol. The lowest BCUT2D eigenvalue weighted by Crippen LogP contribution is -2.43. The summed E-state index contributed by atoms with van der Waals surface area (Å²) in [6, 6.07) is 0. The predicted octanol–water partition coefficient (Wildman–Crippen LogP) is 0.906. The predicted molar refractivity (Wildman–Crippen MR) is 97.9 cm³/mol. The Hall–Kier alpha value is -3.20. The molecule has 9 nitrogen and oxygen atoms in total. The summed E-state index contributed by atoms with van der Waals surface area (Å²) in [6.07, 6.45) is 3.69. The maximum absolute atomic E-state index is 11.3. The first-order chi connectivity index (χ1) is 13.3. The second kappa shape index (κ2) is 13.9. The van der Waals surface area contributed by atoms with E-state index in [-0.39, 0.29) is 26.4 Å². The van der Waals surface area contributed by atoms with Crippen molar-refractivity contribution < 1.29 is 42.9 Å². The van der Waals surface area contributed by atoms with E-state index in [2.05, 4.69) is 31.1 Å². The molecule has 0 bridgehead atoms. The van der Waals surface area contributed by atoms with Crippen LogP contribution in [0, 0.1) is 5.41 Å². The fraction of sp³-hybridized carbons (Fsp3) is 0.368. The molecule has 0 N–H and O–H groups in total. The van der Waals surface area contributed by atoms with Crippen LogP contribution in [-0.4, -0.2) is 63.5 Å². The molecule has 0 atom stereocenters. The molecule has 1 fully saturated rings. The topological polar surface area (TPSA) is 118 Å². The minimum Gasteiger partial charge on any atom is -0.462 e. The second-order valence-electron chi connectivity index (χ2n) is 5.36. The second-order valence-corrected chi connectivity index (χ2v) is 5.36. The summed E-state index contributed by atoms with van der Waals surface area (Å²) in [6.45, 7) is 13.5. The largest absolute Gasteiger partial charge is 0.462 e. The molecule has 0 aliphatic carbocycles. The molecule has 0 saturated carbocycles. The van der Waals surface area contributed by atoms with Gasteiger partial charge >= 0.3 is 23.9 Å². The minimum absolute atomic E-state index is 0.378. The first-order valence-electron chi connectivity index (χ1n) is 8.07. The van der Waals surface area contributed by atoms with E-state index in [0.29, 0.717) is 0 Å². The average Bonchev–Trinajstić information content (AvgIpc) is 3.60. The van der Waals surface area contributed by atoms with Crippen LogP contribution in [0.2, 0.25) is 0 Å². The van der Waals surface area contributed by atoms with Gasteiger partial charge in [0.1, 0.15) is 31.8 Å². The van der Waals surface area contributed by atoms with E-state index in [1.807, 2.05) is 0 Å². The highest BCUT2D eigenvalue weighted by Gasteiger charge is 2.37. The molecule has 1 aliphatic rings. The van der Waals surface area contributed by atoms with Crippen LogP contribution in [0.3, 0.4) is 0 Å². The number of rotatable bonds is 12. The van der Waals surface area contributed by atoms with Gasteiger partial charge in [0.05, 0.1) is 13.2 Å². The lowest BCUT2D eigenvalue weighted by Gasteiger charge is -2.31. The Labute approximate surface area is 163 Å². The number of carbonyl (C=O) groups is 4. The van der Waals surface area contributed by atoms with Gasteiger partial charge in [-0.05, 0) is 0 Å². The molecule has 0 aromatic carbocycles. The lowest BCUT2D eigenvalue weighted by atomic mass is 9.92. The summed E-state index contributed by atoms with van der Waals surface area (Å²) in [7, 11) is 0. The molecule has 0 spiro atoms. The number of hydrogen-bond donors (Lipinski definition) is 0. The van der Waals surface area contributed by atoms with Gasteiger partial charge in [-0.15, -0.1) is 0 Å². The fourth-order valence-electron chi connectivity index (χ4n) is 1.38. The molecule has 0 amide bonds. The molecule has 1 aliphatic heterocycles. The monoisotopic (exact) mass is 396 g/mol. The summed E-state index contributed by atoms with van der Waals surface area (Å²) in [5.74, 6) is -3.04. The Kier molecular flexibility index (Phi) is 12.3. The van der Waals surface area contributed by atoms with Gasteiger partial charge in [0, 0.05) is 24.3 Å². The van der Waals surface area contributed by atoms with E-state index >= 15 is 0 Å². The zero-order chi connectivity index (χ0) is 21.4. The SMILES string of the molecule is C1CO1.C=CC(=O)OCC(COC(=O)C=C)(COC(=O)C=C)COC(=O)C=C. The van der Waals surface area contributed by atoms with Crippen molar-refractivity contribution in [1.82, 2.24) is 0 Å². The van der Waals surface area contributed by atoms with Gasteiger partial charge in [-0.2, -0.15) is 0 Å². The van der Waals surface area contributed by atoms with E-state index in [9.17, 15) is 19.2 Å². The van der Waals surface area contributed by atoms with Gasteiger partial charge in [0.2, 0.25) is 0 Å². The standard InChI is InChI=1S/C17H20O8.C2H4O/c1-5-13(18)22-9-17(10-23-14(19)6-2,11-24-15(20)7-3)12-25-16(21)8-4;1-2-3-1/h5-8H,1-4,9-12H2;1-2H2. The normalized spacial score (nSPS) is 11.4. The van der Waals surface area contributed by atoms with Crippen LogP contribution < -0.4 is 0 Å². The van der Waals surface area contributed by atoms with E-state index in [1.165, 1.54) is 0 Å². The van der Waals surface area contributed by atoms with Crippen LogP contribution in [0.1, 0.15) is 0 Å². The van der Waals surface area contributed by atoms with Crippen LogP contribution in [0.15, 0.2) is 50.6 Å². The van der Waals surface area contributed by atoms with Gasteiger partial charge in [0.15, 0.2) is 0 Å². The average molecular weight is 396 g/mol. The van der Waals surface area contributed by atoms with E-state index in [0.717, 1.165) is 37.5 Å². The zero-order valence-electron chi connectivity index (χ0n) is 15.6. The van der Waals surface area contributed by atoms with Crippen molar-refractivity contribution in [3.05, 3.63) is 50.6 Å². The lowest BCUT2D eigenvalue weighted by molar-refractivity contribution is -0.164. The number of ether oxygens (including phenoxy) is 5. The first kappa shape index (κ1) is 24.8. The van der Waals surface area contributed by atoms with Crippen LogP contribution in [0.25, 0.3) is 0 Å². The molecule has 1 rings (SSSR count). The molecule has 0 aromatic rings. The van der Waals surface area contributed by atoms with Crippen molar-refractivity contribution in [3.8, 4) is 0 Å². The van der Waals surface area contributed by atoms with Crippen LogP contribution in [0.4, 0.5) is 0 Å². The van der Waals surface area contributed by atoms with Crippen molar-refractivity contribution in [3.63, 3.8) is 0 Å². The summed E-state index contributed by atoms with van der Waals surface area (Å²) in [4.78, 5) is 45.3. The molecule has 9 heteroatoms. The maximum Gasteiger partial charge on any atom is 0.330 e. The van der Waals surface area contributed by atoms with Crippen molar-refractivity contribution in [1.29, 1.82) is 0 Å². The highest BCUT2D eigenvalue weighted by molar-refractivity contribution is 5.82. The Balaban J connectivity index is 0.00000219. The van der Waals surface area contributed by atoms with Crippen molar-refractivity contribution in [2.24, 2.45) is 5.41 Å². The summed E-state index contributed by atoms with van der Waals surface area (Å²) < 4.78 is 24.3. The fourth-order valence-corrected chi connectivity index (χ4v) is 1.38. The Morgan fingerprint density at radius 3 is 1.00 bits per heavy atom. The molecule has 0 radical (unpaired) electrons. The molecule has 154 valence electrons. The van der Waals surface area contributed by atoms with Crippen LogP contribution in [0.5, 0.6) is 0 Å². The third kappa shape index (κ3) is 12.2. The number of epoxide rings is 1. The Morgan fingerprint density at radius 1 is 0.643 bits per heavy atom. The van der Waals surface area contributed by atoms with Crippen molar-refractivity contribution in [2.45, 2.75) is 0 Å². The Morgan fingerprint density at radius 2 is 0.857 bits per heavy atom. The van der Waals surface area contributed by atoms with E-state index in [1.54, 1.807) is 0 Å². The molecule has 28 heavy (non-hydrogen) atoms. The van der Waals surface area contributed by atoms with Crippen LogP contribution in [-0.2, 0) is 42.9 Å². The minimum atomic E-state index is -1.34. The smallest absolute Gasteiger partial charge is 0.330 e. The number of esters is 4. The summed E-state index contributed by atoms with van der Waals surface area (Å²) in [5.41, 5.74) is -1.34. The molecular formula is C19H24O9. The molecule has 0 aromatic heterocycles. The first-order valence-corrected chi connectivity index (χ1v) is 8.07. The van der Waals surface area contributed by atoms with Gasteiger partial charge in [0.25, 0.3) is 0 Å². The highest BCUT2D eigenvalue weighted by atomic mass is 16.6. The third-order valence-electron chi connectivity index (χ3n) is 2.95. The summed E-state index contributed by atoms with van der Waals surface area (Å²) in [5, 5.41) is 0. The molecule has 1 heterocycles. The van der Waals surface area contributed by atoms with Crippen molar-refractivity contribution in [2.75, 3.05) is 39.6 Å². The van der Waals surface area contributed by atoms with E-state index < -0.39 is 29.3 Å². The Bertz CT molecular complexity index is 500. The quantitative estimate of drug-likeness (QED) is 0.205. The van der Waals surface area contributed by atoms with Crippen molar-refractivity contribution >= 4 is 23.9 Å². The third-order valence-corrected chi connectivity index (χ3v) is 2.95. The molecule has 0 unspecified atom stereocenters. The molecule has 1 saturated heterocycles. The van der Waals surface area contributed by atoms with Gasteiger partial charge in [-0.3, -0.25) is 0 Å². The maximum atomic E-state index is 11.3. The van der Waals surface area contributed by atoms with Gasteiger partial charge in [-0.1, -0.05) is 26.3 Å². The van der Waals surface area contributed by atoms with Crippen LogP contribution >= 0.6 is 0 Å². The van der Waals surface area contributed by atoms with Gasteiger partial charge < -0.3 is 23.7 Å². The zero-order valence-corrected chi connectivity index (χ0v) is 15.6. The van der Waals surface area contributed by atoms with E-state index in [4.69, 9.17) is 18.9 Å². The number of hydrogen-bond acceptors (Lipinski definition) is 9. The highest BCUT2D eigenvalue weighted by Crippen LogP contribution is 2.21. The van der Waals surface area contributed by atoms with Gasteiger partial charge in [-0.25, -0.2) is 19.2 Å².